The first kappa shape index (κ1) is 14.4. The number of aromatic hydroxyl groups is 1. The third-order valence-electron chi connectivity index (χ3n) is 5.94. The van der Waals surface area contributed by atoms with Crippen molar-refractivity contribution in [2.75, 3.05) is 20.2 Å². The fraction of sp³-hybridized carbons (Fsp3) is 0.429. The summed E-state index contributed by atoms with van der Waals surface area (Å²) < 4.78 is 5.47. The molecule has 0 bridgehead atoms. The van der Waals surface area contributed by atoms with Crippen LogP contribution in [0.25, 0.3) is 11.1 Å². The van der Waals surface area contributed by atoms with Crippen molar-refractivity contribution in [1.29, 1.82) is 0 Å². The molecule has 0 spiro atoms. The Morgan fingerprint density at radius 1 is 1.21 bits per heavy atom. The lowest BCUT2D eigenvalue weighted by Gasteiger charge is -2.42. The standard InChI is InChI=1S/C21H23NO2/c1-24-18-11-15-8-9-22(12-13-6-7-13)17-10-14-4-2-3-5-16(14)20(19(15)17)21(18)23/h2-5,11,13,17,23H,6-10,12H2,1H3/t17-/m1/s1. The molecule has 1 saturated carbocycles. The maximum atomic E-state index is 10.9. The fourth-order valence-electron chi connectivity index (χ4n) is 4.57. The van der Waals surface area contributed by atoms with Gasteiger partial charge in [0.05, 0.1) is 7.11 Å². The molecule has 2 aliphatic carbocycles. The van der Waals surface area contributed by atoms with Crippen LogP contribution in [0.4, 0.5) is 0 Å². The molecule has 1 aliphatic heterocycles. The monoisotopic (exact) mass is 321 g/mol. The molecule has 1 atom stereocenters. The van der Waals surface area contributed by atoms with Gasteiger partial charge in [0.25, 0.3) is 0 Å². The molecular weight excluding hydrogens is 298 g/mol. The Hall–Kier alpha value is -2.00. The van der Waals surface area contributed by atoms with Gasteiger partial charge in [-0.3, -0.25) is 4.90 Å². The topological polar surface area (TPSA) is 32.7 Å². The molecule has 0 aromatic heterocycles. The highest BCUT2D eigenvalue weighted by molar-refractivity contribution is 5.83. The van der Waals surface area contributed by atoms with Crippen molar-refractivity contribution < 1.29 is 9.84 Å². The molecule has 0 amide bonds. The highest BCUT2D eigenvalue weighted by atomic mass is 16.5. The largest absolute Gasteiger partial charge is 0.504 e. The van der Waals surface area contributed by atoms with Gasteiger partial charge in [-0.25, -0.2) is 0 Å². The molecule has 2 aromatic rings. The number of hydrogen-bond donors (Lipinski definition) is 1. The van der Waals surface area contributed by atoms with Crippen LogP contribution in [0.15, 0.2) is 30.3 Å². The lowest BCUT2D eigenvalue weighted by Crippen LogP contribution is -2.39. The lowest BCUT2D eigenvalue weighted by atomic mass is 9.76. The average Bonchev–Trinajstić information content (AvgIpc) is 3.42. The van der Waals surface area contributed by atoms with E-state index < -0.39 is 0 Å². The summed E-state index contributed by atoms with van der Waals surface area (Å²) in [5, 5.41) is 10.9. The fourth-order valence-corrected chi connectivity index (χ4v) is 4.57. The van der Waals surface area contributed by atoms with Crippen LogP contribution in [-0.2, 0) is 12.8 Å². The van der Waals surface area contributed by atoms with E-state index in [0.29, 0.717) is 17.5 Å². The molecule has 0 radical (unpaired) electrons. The van der Waals surface area contributed by atoms with E-state index in [-0.39, 0.29) is 0 Å². The molecule has 1 heterocycles. The number of rotatable bonds is 3. The van der Waals surface area contributed by atoms with Crippen molar-refractivity contribution in [2.24, 2.45) is 5.92 Å². The molecule has 5 rings (SSSR count). The highest BCUT2D eigenvalue weighted by Gasteiger charge is 2.38. The summed E-state index contributed by atoms with van der Waals surface area (Å²) in [5.74, 6) is 1.80. The van der Waals surface area contributed by atoms with Gasteiger partial charge in [-0.2, -0.15) is 0 Å². The van der Waals surface area contributed by atoms with E-state index in [1.807, 2.05) is 0 Å². The predicted molar refractivity (Wildman–Crippen MR) is 94.5 cm³/mol. The van der Waals surface area contributed by atoms with Crippen molar-refractivity contribution in [3.8, 4) is 22.6 Å². The minimum absolute atomic E-state index is 0.307. The van der Waals surface area contributed by atoms with Crippen LogP contribution in [0.5, 0.6) is 11.5 Å². The van der Waals surface area contributed by atoms with E-state index in [9.17, 15) is 5.11 Å². The number of nitrogens with zero attached hydrogens (tertiary/aromatic N) is 1. The van der Waals surface area contributed by atoms with Crippen molar-refractivity contribution in [2.45, 2.75) is 31.7 Å². The summed E-state index contributed by atoms with van der Waals surface area (Å²) in [6.45, 7) is 2.32. The van der Waals surface area contributed by atoms with E-state index >= 15 is 0 Å². The van der Waals surface area contributed by atoms with Gasteiger partial charge >= 0.3 is 0 Å². The number of methoxy groups -OCH3 is 1. The first-order chi connectivity index (χ1) is 11.8. The van der Waals surface area contributed by atoms with Gasteiger partial charge < -0.3 is 9.84 Å². The normalized spacial score (nSPS) is 22.0. The Labute approximate surface area is 142 Å². The van der Waals surface area contributed by atoms with Gasteiger partial charge in [-0.1, -0.05) is 24.3 Å². The van der Waals surface area contributed by atoms with Crippen LogP contribution in [0.2, 0.25) is 0 Å². The van der Waals surface area contributed by atoms with Crippen molar-refractivity contribution in [1.82, 2.24) is 4.90 Å². The van der Waals surface area contributed by atoms with Gasteiger partial charge in [0.15, 0.2) is 11.5 Å². The van der Waals surface area contributed by atoms with Crippen LogP contribution in [0.3, 0.4) is 0 Å². The zero-order chi connectivity index (χ0) is 16.3. The smallest absolute Gasteiger partial charge is 0.166 e. The van der Waals surface area contributed by atoms with Crippen molar-refractivity contribution in [3.05, 3.63) is 47.0 Å². The number of benzene rings is 2. The number of phenolic OH excluding ortho intramolecular Hbond substituents is 1. The van der Waals surface area contributed by atoms with E-state index in [1.54, 1.807) is 7.11 Å². The number of ether oxygens (including phenoxy) is 1. The molecular formula is C21H23NO2. The molecule has 3 aliphatic rings. The highest BCUT2D eigenvalue weighted by Crippen LogP contribution is 2.52. The average molecular weight is 321 g/mol. The Balaban J connectivity index is 1.72. The zero-order valence-corrected chi connectivity index (χ0v) is 14.1. The van der Waals surface area contributed by atoms with E-state index in [0.717, 1.165) is 30.9 Å². The second-order valence-electron chi connectivity index (χ2n) is 7.44. The zero-order valence-electron chi connectivity index (χ0n) is 14.1. The first-order valence-electron chi connectivity index (χ1n) is 9.01. The summed E-state index contributed by atoms with van der Waals surface area (Å²) in [7, 11) is 1.64. The van der Waals surface area contributed by atoms with Gasteiger partial charge in [0.1, 0.15) is 0 Å². The first-order valence-corrected chi connectivity index (χ1v) is 9.01. The van der Waals surface area contributed by atoms with E-state index in [1.165, 1.54) is 41.6 Å². The van der Waals surface area contributed by atoms with Crippen molar-refractivity contribution in [3.63, 3.8) is 0 Å². The Morgan fingerprint density at radius 3 is 2.83 bits per heavy atom. The summed E-state index contributed by atoms with van der Waals surface area (Å²) in [5.41, 5.74) is 6.23. The van der Waals surface area contributed by atoms with Crippen LogP contribution in [-0.4, -0.2) is 30.2 Å². The molecule has 1 N–H and O–H groups in total. The minimum Gasteiger partial charge on any atom is -0.504 e. The molecule has 1 fully saturated rings. The molecule has 24 heavy (non-hydrogen) atoms. The van der Waals surface area contributed by atoms with E-state index in [4.69, 9.17) is 4.74 Å². The minimum atomic E-state index is 0.307. The van der Waals surface area contributed by atoms with E-state index in [2.05, 4.69) is 35.2 Å². The maximum Gasteiger partial charge on any atom is 0.166 e. The van der Waals surface area contributed by atoms with Gasteiger partial charge in [0.2, 0.25) is 0 Å². The van der Waals surface area contributed by atoms with Crippen LogP contribution in [0, 0.1) is 5.92 Å². The molecule has 3 nitrogen and oxygen atoms in total. The summed E-state index contributed by atoms with van der Waals surface area (Å²) in [6, 6.07) is 11.0. The van der Waals surface area contributed by atoms with Gasteiger partial charge in [0, 0.05) is 24.7 Å². The molecule has 0 unspecified atom stereocenters. The molecule has 3 heteroatoms. The number of hydrogen-bond acceptors (Lipinski definition) is 3. The van der Waals surface area contributed by atoms with Crippen LogP contribution >= 0.6 is 0 Å². The lowest BCUT2D eigenvalue weighted by molar-refractivity contribution is 0.174. The third-order valence-corrected chi connectivity index (χ3v) is 5.94. The maximum absolute atomic E-state index is 10.9. The third kappa shape index (κ3) is 2.07. The second-order valence-corrected chi connectivity index (χ2v) is 7.44. The quantitative estimate of drug-likeness (QED) is 0.929. The molecule has 0 saturated heterocycles. The second kappa shape index (κ2) is 5.25. The molecule has 124 valence electrons. The van der Waals surface area contributed by atoms with Crippen LogP contribution < -0.4 is 4.74 Å². The number of phenols is 1. The Kier molecular flexibility index (Phi) is 3.14. The van der Waals surface area contributed by atoms with Crippen molar-refractivity contribution >= 4 is 0 Å². The number of fused-ring (bicyclic) bond motifs is 2. The molecule has 2 aromatic carbocycles. The Morgan fingerprint density at radius 2 is 2.04 bits per heavy atom. The summed E-state index contributed by atoms with van der Waals surface area (Å²) in [6.07, 6.45) is 4.86. The SMILES string of the molecule is COc1cc2c3c(c1O)-c1ccccc1C[C@H]3N(CC1CC1)CC2. The Bertz CT molecular complexity index is 810. The summed E-state index contributed by atoms with van der Waals surface area (Å²) in [4.78, 5) is 2.66. The van der Waals surface area contributed by atoms with Gasteiger partial charge in [-0.15, -0.1) is 0 Å². The van der Waals surface area contributed by atoms with Crippen LogP contribution in [0.1, 0.15) is 35.6 Å². The summed E-state index contributed by atoms with van der Waals surface area (Å²) >= 11 is 0. The van der Waals surface area contributed by atoms with Gasteiger partial charge in [-0.05, 0) is 59.9 Å². The predicted octanol–water partition coefficient (Wildman–Crippen LogP) is 3.93.